The van der Waals surface area contributed by atoms with Gasteiger partial charge in [0.15, 0.2) is 0 Å². The lowest BCUT2D eigenvalue weighted by molar-refractivity contribution is 0.140. The van der Waals surface area contributed by atoms with Gasteiger partial charge < -0.3 is 4.89 Å². The number of hydrogen-bond acceptors (Lipinski definition) is 2. The van der Waals surface area contributed by atoms with Crippen molar-refractivity contribution < 1.29 is 14.0 Å². The van der Waals surface area contributed by atoms with Gasteiger partial charge in [0.05, 0.1) is 5.41 Å². The summed E-state index contributed by atoms with van der Waals surface area (Å²) in [5.41, 5.74) is -0.629. The van der Waals surface area contributed by atoms with Crippen LogP contribution in [0, 0.1) is 17.8 Å². The Balaban J connectivity index is 4.66. The zero-order valence-electron chi connectivity index (χ0n) is 8.15. The van der Waals surface area contributed by atoms with E-state index < -0.39 is 19.1 Å². The van der Waals surface area contributed by atoms with Crippen LogP contribution in [0.5, 0.6) is 0 Å². The maximum absolute atomic E-state index is 11.0. The van der Waals surface area contributed by atoms with Crippen molar-refractivity contribution >= 4 is 7.60 Å². The SMILES string of the molecule is C#CC(C)(C)C(C=C)OP(C)(=O)O. The zero-order chi connectivity index (χ0) is 10.7. The molecule has 74 valence electrons. The van der Waals surface area contributed by atoms with Crippen molar-refractivity contribution in [2.75, 3.05) is 6.66 Å². The van der Waals surface area contributed by atoms with E-state index in [-0.39, 0.29) is 0 Å². The zero-order valence-corrected chi connectivity index (χ0v) is 9.04. The molecule has 0 aliphatic carbocycles. The van der Waals surface area contributed by atoms with Gasteiger partial charge in [-0.2, -0.15) is 0 Å². The molecule has 0 bridgehead atoms. The molecule has 0 rings (SSSR count). The molecule has 1 N–H and O–H groups in total. The van der Waals surface area contributed by atoms with E-state index in [1.54, 1.807) is 13.8 Å². The van der Waals surface area contributed by atoms with Crippen molar-refractivity contribution in [1.29, 1.82) is 0 Å². The average Bonchev–Trinajstić information content (AvgIpc) is 1.98. The van der Waals surface area contributed by atoms with Gasteiger partial charge in [-0.1, -0.05) is 12.0 Å². The predicted molar refractivity (Wildman–Crippen MR) is 53.4 cm³/mol. The Kier molecular flexibility index (Phi) is 3.93. The van der Waals surface area contributed by atoms with E-state index in [0.717, 1.165) is 6.66 Å². The third kappa shape index (κ3) is 4.28. The highest BCUT2D eigenvalue weighted by molar-refractivity contribution is 7.51. The lowest BCUT2D eigenvalue weighted by atomic mass is 9.88. The Bertz CT molecular complexity index is 269. The topological polar surface area (TPSA) is 46.5 Å². The van der Waals surface area contributed by atoms with Gasteiger partial charge in [0.2, 0.25) is 0 Å². The summed E-state index contributed by atoms with van der Waals surface area (Å²) >= 11 is 0. The molecule has 2 atom stereocenters. The number of rotatable bonds is 4. The van der Waals surface area contributed by atoms with Gasteiger partial charge in [-0.3, -0.25) is 9.09 Å². The van der Waals surface area contributed by atoms with Crippen LogP contribution in [0.2, 0.25) is 0 Å². The van der Waals surface area contributed by atoms with Crippen LogP contribution in [0.1, 0.15) is 13.8 Å². The van der Waals surface area contributed by atoms with Crippen LogP contribution >= 0.6 is 7.60 Å². The first-order chi connectivity index (χ1) is 5.73. The largest absolute Gasteiger partial charge is 0.325 e. The van der Waals surface area contributed by atoms with Gasteiger partial charge in [-0.25, -0.2) is 0 Å². The van der Waals surface area contributed by atoms with E-state index >= 15 is 0 Å². The van der Waals surface area contributed by atoms with Crippen LogP contribution in [-0.4, -0.2) is 17.7 Å². The Morgan fingerprint density at radius 1 is 1.77 bits per heavy atom. The fraction of sp³-hybridized carbons (Fsp3) is 0.556. The van der Waals surface area contributed by atoms with Crippen molar-refractivity contribution in [3.63, 3.8) is 0 Å². The van der Waals surface area contributed by atoms with Crippen molar-refractivity contribution in [2.24, 2.45) is 5.41 Å². The molecule has 0 fully saturated rings. The van der Waals surface area contributed by atoms with Gasteiger partial charge in [-0.05, 0) is 13.8 Å². The third-order valence-electron chi connectivity index (χ3n) is 1.61. The highest BCUT2D eigenvalue weighted by Gasteiger charge is 2.30. The Morgan fingerprint density at radius 2 is 2.23 bits per heavy atom. The number of hydrogen-bond donors (Lipinski definition) is 1. The maximum atomic E-state index is 11.0. The molecule has 0 saturated heterocycles. The molecular formula is C9H15O3P. The molecule has 0 aromatic carbocycles. The summed E-state index contributed by atoms with van der Waals surface area (Å²) in [7, 11) is -3.51. The van der Waals surface area contributed by atoms with E-state index in [1.807, 2.05) is 0 Å². The second-order valence-electron chi connectivity index (χ2n) is 3.43. The Morgan fingerprint density at radius 3 is 2.46 bits per heavy atom. The lowest BCUT2D eigenvalue weighted by Crippen LogP contribution is -2.27. The predicted octanol–water partition coefficient (Wildman–Crippen LogP) is 2.03. The van der Waals surface area contributed by atoms with E-state index in [9.17, 15) is 4.57 Å². The van der Waals surface area contributed by atoms with E-state index in [0.29, 0.717) is 0 Å². The van der Waals surface area contributed by atoms with Gasteiger partial charge in [0.1, 0.15) is 6.10 Å². The van der Waals surface area contributed by atoms with Crippen molar-refractivity contribution in [1.82, 2.24) is 0 Å². The van der Waals surface area contributed by atoms with Gasteiger partial charge >= 0.3 is 7.60 Å². The molecule has 0 aromatic heterocycles. The van der Waals surface area contributed by atoms with Crippen LogP contribution in [0.3, 0.4) is 0 Å². The molecule has 4 heteroatoms. The van der Waals surface area contributed by atoms with E-state index in [1.165, 1.54) is 6.08 Å². The normalized spacial score (nSPS) is 18.4. The van der Waals surface area contributed by atoms with E-state index in [2.05, 4.69) is 12.5 Å². The van der Waals surface area contributed by atoms with Crippen LogP contribution < -0.4 is 0 Å². The standard InChI is InChI=1S/C9H15O3P/c1-6-8(9(3,4)7-2)12-13(5,10)11/h2,6,8H,1H2,3-5H3,(H,10,11). The second-order valence-corrected chi connectivity index (χ2v) is 5.25. The van der Waals surface area contributed by atoms with Crippen LogP contribution in [0.25, 0.3) is 0 Å². The molecule has 0 saturated carbocycles. The molecule has 0 amide bonds. The monoisotopic (exact) mass is 202 g/mol. The van der Waals surface area contributed by atoms with Crippen molar-refractivity contribution in [3.05, 3.63) is 12.7 Å². The summed E-state index contributed by atoms with van der Waals surface area (Å²) in [6.45, 7) is 8.12. The molecule has 3 nitrogen and oxygen atoms in total. The summed E-state index contributed by atoms with van der Waals surface area (Å²) < 4.78 is 15.9. The van der Waals surface area contributed by atoms with Crippen molar-refractivity contribution in [3.8, 4) is 12.3 Å². The summed E-state index contributed by atoms with van der Waals surface area (Å²) in [5.74, 6) is 2.49. The third-order valence-corrected chi connectivity index (χ3v) is 2.22. The Labute approximate surface area is 79.3 Å². The highest BCUT2D eigenvalue weighted by Crippen LogP contribution is 2.42. The minimum absolute atomic E-state index is 0.613. The van der Waals surface area contributed by atoms with Gasteiger partial charge in [-0.15, -0.1) is 13.0 Å². The Hall–Kier alpha value is -0.550. The molecule has 0 radical (unpaired) electrons. The number of terminal acetylenes is 1. The first-order valence-electron chi connectivity index (χ1n) is 3.82. The van der Waals surface area contributed by atoms with Crippen LogP contribution in [0.4, 0.5) is 0 Å². The summed E-state index contributed by atoms with van der Waals surface area (Å²) in [5, 5.41) is 0. The first kappa shape index (κ1) is 12.4. The van der Waals surface area contributed by atoms with Crippen LogP contribution in [-0.2, 0) is 9.09 Å². The molecular weight excluding hydrogens is 187 g/mol. The van der Waals surface area contributed by atoms with E-state index in [4.69, 9.17) is 15.8 Å². The summed E-state index contributed by atoms with van der Waals surface area (Å²) in [4.78, 5) is 8.99. The molecule has 2 unspecified atom stereocenters. The second kappa shape index (κ2) is 4.11. The fourth-order valence-corrected chi connectivity index (χ4v) is 1.53. The van der Waals surface area contributed by atoms with Gasteiger partial charge in [0.25, 0.3) is 0 Å². The molecule has 13 heavy (non-hydrogen) atoms. The van der Waals surface area contributed by atoms with Crippen molar-refractivity contribution in [2.45, 2.75) is 20.0 Å². The minimum atomic E-state index is -3.51. The molecule has 0 heterocycles. The van der Waals surface area contributed by atoms with Crippen LogP contribution in [0.15, 0.2) is 12.7 Å². The fourth-order valence-electron chi connectivity index (χ4n) is 0.762. The molecule has 0 spiro atoms. The molecule has 0 aliphatic heterocycles. The first-order valence-corrected chi connectivity index (χ1v) is 5.84. The smallest absolute Gasteiger partial charge is 0.324 e. The summed E-state index contributed by atoms with van der Waals surface area (Å²) in [6, 6.07) is 0. The quantitative estimate of drug-likeness (QED) is 0.431. The maximum Gasteiger partial charge on any atom is 0.325 e. The lowest BCUT2D eigenvalue weighted by Gasteiger charge is -2.27. The highest BCUT2D eigenvalue weighted by atomic mass is 31.2. The molecule has 0 aliphatic rings. The molecule has 0 aromatic rings. The minimum Gasteiger partial charge on any atom is -0.324 e. The average molecular weight is 202 g/mol. The van der Waals surface area contributed by atoms with Gasteiger partial charge in [0, 0.05) is 6.66 Å². The summed E-state index contributed by atoms with van der Waals surface area (Å²) in [6.07, 6.45) is 6.08.